The molecule has 1 saturated carbocycles. The third-order valence-corrected chi connectivity index (χ3v) is 2.69. The molecule has 108 valence electrons. The summed E-state index contributed by atoms with van der Waals surface area (Å²) >= 11 is 0. The van der Waals surface area contributed by atoms with E-state index in [1.165, 1.54) is 6.07 Å². The fourth-order valence-corrected chi connectivity index (χ4v) is 1.54. The molecule has 0 spiro atoms. The standard InChI is InChI=1S/C14H10F3N3O/c15-14(16,17)10-3-11(20-8-9(6-18)7-19)5-13(4-10)21-12-1-2-12/h3-5,8,12,20H,1-2H2. The minimum absolute atomic E-state index is 0.0364. The van der Waals surface area contributed by atoms with Crippen LogP contribution in [0.4, 0.5) is 18.9 Å². The molecule has 0 saturated heterocycles. The average Bonchev–Trinajstić information content (AvgIpc) is 3.22. The van der Waals surface area contributed by atoms with Gasteiger partial charge >= 0.3 is 6.18 Å². The van der Waals surface area contributed by atoms with E-state index in [4.69, 9.17) is 15.3 Å². The Kier molecular flexibility index (Phi) is 4.04. The number of anilines is 1. The molecule has 4 nitrogen and oxygen atoms in total. The number of rotatable bonds is 4. The summed E-state index contributed by atoms with van der Waals surface area (Å²) in [5.41, 5.74) is -0.993. The minimum Gasteiger partial charge on any atom is -0.490 e. The van der Waals surface area contributed by atoms with Gasteiger partial charge in [-0.25, -0.2) is 0 Å². The molecule has 21 heavy (non-hydrogen) atoms. The van der Waals surface area contributed by atoms with Gasteiger partial charge in [0.2, 0.25) is 0 Å². The van der Waals surface area contributed by atoms with E-state index < -0.39 is 11.7 Å². The topological polar surface area (TPSA) is 68.8 Å². The predicted octanol–water partition coefficient (Wildman–Crippen LogP) is 3.59. The van der Waals surface area contributed by atoms with Crippen molar-refractivity contribution in [2.24, 2.45) is 0 Å². The number of halogens is 3. The quantitative estimate of drug-likeness (QED) is 0.861. The molecule has 1 aromatic carbocycles. The number of nitrogens with zero attached hydrogens (tertiary/aromatic N) is 2. The van der Waals surface area contributed by atoms with E-state index in [0.29, 0.717) is 0 Å². The summed E-state index contributed by atoms with van der Waals surface area (Å²) in [4.78, 5) is 0. The van der Waals surface area contributed by atoms with E-state index in [9.17, 15) is 13.2 Å². The molecular weight excluding hydrogens is 283 g/mol. The van der Waals surface area contributed by atoms with Crippen LogP contribution < -0.4 is 10.1 Å². The zero-order valence-corrected chi connectivity index (χ0v) is 10.7. The number of hydrogen-bond donors (Lipinski definition) is 1. The first-order chi connectivity index (χ1) is 9.92. The highest BCUT2D eigenvalue weighted by Crippen LogP contribution is 2.36. The summed E-state index contributed by atoms with van der Waals surface area (Å²) in [7, 11) is 0. The van der Waals surface area contributed by atoms with E-state index in [1.54, 1.807) is 12.1 Å². The summed E-state index contributed by atoms with van der Waals surface area (Å²) in [6.45, 7) is 0. The van der Waals surface area contributed by atoms with Gasteiger partial charge in [-0.15, -0.1) is 0 Å². The zero-order valence-electron chi connectivity index (χ0n) is 10.7. The highest BCUT2D eigenvalue weighted by molar-refractivity contribution is 5.55. The molecule has 0 aliphatic heterocycles. The van der Waals surface area contributed by atoms with Crippen molar-refractivity contribution >= 4 is 5.69 Å². The molecule has 1 aliphatic carbocycles. The Morgan fingerprint density at radius 2 is 1.90 bits per heavy atom. The SMILES string of the molecule is N#CC(C#N)=CNc1cc(OC2CC2)cc(C(F)(F)F)c1. The van der Waals surface area contributed by atoms with Crippen LogP contribution in [-0.4, -0.2) is 6.10 Å². The second-order valence-corrected chi connectivity index (χ2v) is 4.49. The first-order valence-corrected chi connectivity index (χ1v) is 6.08. The van der Waals surface area contributed by atoms with Crippen LogP contribution in [0.1, 0.15) is 18.4 Å². The van der Waals surface area contributed by atoms with E-state index in [-0.39, 0.29) is 23.1 Å². The average molecular weight is 293 g/mol. The summed E-state index contributed by atoms with van der Waals surface area (Å²) in [5.74, 6) is 0.110. The molecule has 0 unspecified atom stereocenters. The zero-order chi connectivity index (χ0) is 15.5. The molecule has 0 heterocycles. The number of nitrogens with one attached hydrogen (secondary N) is 1. The van der Waals surface area contributed by atoms with E-state index in [2.05, 4.69) is 5.32 Å². The van der Waals surface area contributed by atoms with Gasteiger partial charge in [0, 0.05) is 18.0 Å². The van der Waals surface area contributed by atoms with E-state index in [0.717, 1.165) is 31.2 Å². The van der Waals surface area contributed by atoms with Crippen molar-refractivity contribution < 1.29 is 17.9 Å². The van der Waals surface area contributed by atoms with Gasteiger partial charge < -0.3 is 10.1 Å². The molecule has 1 N–H and O–H groups in total. The maximum absolute atomic E-state index is 12.8. The van der Waals surface area contributed by atoms with Crippen LogP contribution in [0.5, 0.6) is 5.75 Å². The van der Waals surface area contributed by atoms with Crippen LogP contribution in [0.15, 0.2) is 30.0 Å². The first-order valence-electron chi connectivity index (χ1n) is 6.08. The van der Waals surface area contributed by atoms with Crippen LogP contribution in [0.2, 0.25) is 0 Å². The summed E-state index contributed by atoms with van der Waals surface area (Å²) < 4.78 is 43.9. The third-order valence-electron chi connectivity index (χ3n) is 2.69. The Labute approximate surface area is 119 Å². The molecule has 1 aromatic rings. The number of benzene rings is 1. The second kappa shape index (κ2) is 5.76. The highest BCUT2D eigenvalue weighted by atomic mass is 19.4. The molecule has 0 bridgehead atoms. The minimum atomic E-state index is -4.50. The van der Waals surface area contributed by atoms with Gasteiger partial charge in [0.25, 0.3) is 0 Å². The van der Waals surface area contributed by atoms with Crippen molar-refractivity contribution in [2.75, 3.05) is 5.32 Å². The predicted molar refractivity (Wildman–Crippen MR) is 68.0 cm³/mol. The van der Waals surface area contributed by atoms with Crippen molar-refractivity contribution in [3.8, 4) is 17.9 Å². The van der Waals surface area contributed by atoms with Crippen LogP contribution in [0, 0.1) is 22.7 Å². The van der Waals surface area contributed by atoms with Crippen LogP contribution in [0.25, 0.3) is 0 Å². The van der Waals surface area contributed by atoms with Crippen molar-refractivity contribution in [2.45, 2.75) is 25.1 Å². The van der Waals surface area contributed by atoms with Gasteiger partial charge in [-0.05, 0) is 25.0 Å². The largest absolute Gasteiger partial charge is 0.490 e. The summed E-state index contributed by atoms with van der Waals surface area (Å²) in [6.07, 6.45) is -1.84. The molecule has 1 aliphatic rings. The highest BCUT2D eigenvalue weighted by Gasteiger charge is 2.32. The lowest BCUT2D eigenvalue weighted by atomic mass is 10.1. The number of alkyl halides is 3. The van der Waals surface area contributed by atoms with Crippen molar-refractivity contribution in [3.05, 3.63) is 35.5 Å². The van der Waals surface area contributed by atoms with Gasteiger partial charge in [0.05, 0.1) is 11.7 Å². The maximum atomic E-state index is 12.8. The molecule has 0 atom stereocenters. The monoisotopic (exact) mass is 293 g/mol. The molecule has 1 fully saturated rings. The maximum Gasteiger partial charge on any atom is 0.416 e. The molecule has 0 amide bonds. The van der Waals surface area contributed by atoms with E-state index in [1.807, 2.05) is 0 Å². The fourth-order valence-electron chi connectivity index (χ4n) is 1.54. The van der Waals surface area contributed by atoms with Gasteiger partial charge in [-0.1, -0.05) is 0 Å². The van der Waals surface area contributed by atoms with Gasteiger partial charge in [-0.2, -0.15) is 23.7 Å². The fraction of sp³-hybridized carbons (Fsp3) is 0.286. The Hall–Kier alpha value is -2.67. The van der Waals surface area contributed by atoms with E-state index >= 15 is 0 Å². The Bertz CT molecular complexity index is 633. The normalized spacial score (nSPS) is 13.8. The van der Waals surface area contributed by atoms with Gasteiger partial charge in [0.15, 0.2) is 0 Å². The molecule has 7 heteroatoms. The van der Waals surface area contributed by atoms with Gasteiger partial charge in [0.1, 0.15) is 23.5 Å². The lowest BCUT2D eigenvalue weighted by Gasteiger charge is -2.13. The molecule has 2 rings (SSSR count). The smallest absolute Gasteiger partial charge is 0.416 e. The lowest BCUT2D eigenvalue weighted by Crippen LogP contribution is -2.07. The summed E-state index contributed by atoms with van der Waals surface area (Å²) in [6, 6.07) is 6.44. The number of ether oxygens (including phenoxy) is 1. The molecular formula is C14H10F3N3O. The van der Waals surface area contributed by atoms with Crippen LogP contribution in [0.3, 0.4) is 0 Å². The Morgan fingerprint density at radius 1 is 1.24 bits per heavy atom. The van der Waals surface area contributed by atoms with Crippen LogP contribution >= 0.6 is 0 Å². The lowest BCUT2D eigenvalue weighted by molar-refractivity contribution is -0.137. The number of nitriles is 2. The molecule has 0 radical (unpaired) electrons. The third kappa shape index (κ3) is 4.15. The Morgan fingerprint density at radius 3 is 2.43 bits per heavy atom. The summed E-state index contributed by atoms with van der Waals surface area (Å²) in [5, 5.41) is 19.7. The number of hydrogen-bond acceptors (Lipinski definition) is 4. The second-order valence-electron chi connectivity index (χ2n) is 4.49. The Balaban J connectivity index is 2.29. The van der Waals surface area contributed by atoms with Crippen molar-refractivity contribution in [3.63, 3.8) is 0 Å². The molecule has 0 aromatic heterocycles. The van der Waals surface area contributed by atoms with Crippen molar-refractivity contribution in [1.82, 2.24) is 0 Å². The first kappa shape index (κ1) is 14.7. The van der Waals surface area contributed by atoms with Crippen molar-refractivity contribution in [1.29, 1.82) is 10.5 Å². The van der Waals surface area contributed by atoms with Crippen LogP contribution in [-0.2, 0) is 6.18 Å². The number of allylic oxidation sites excluding steroid dienone is 1. The van der Waals surface area contributed by atoms with Gasteiger partial charge in [-0.3, -0.25) is 0 Å².